The fraction of sp³-hybridized carbons (Fsp3) is 0.400. The molecule has 0 radical (unpaired) electrons. The Labute approximate surface area is 158 Å². The topological polar surface area (TPSA) is 61.1 Å². The van der Waals surface area contributed by atoms with E-state index in [1.807, 2.05) is 36.6 Å². The number of aryl methyl sites for hydroxylation is 2. The van der Waals surface area contributed by atoms with Crippen LogP contribution in [0.1, 0.15) is 11.4 Å². The van der Waals surface area contributed by atoms with Crippen molar-refractivity contribution in [1.82, 2.24) is 14.6 Å². The molecule has 1 saturated heterocycles. The molecule has 0 atom stereocenters. The van der Waals surface area contributed by atoms with Gasteiger partial charge in [-0.2, -0.15) is 9.61 Å². The first-order valence-corrected chi connectivity index (χ1v) is 9.04. The summed E-state index contributed by atoms with van der Waals surface area (Å²) >= 11 is 0. The molecule has 4 rings (SSSR count). The molecule has 0 unspecified atom stereocenters. The van der Waals surface area contributed by atoms with E-state index in [2.05, 4.69) is 11.0 Å². The molecule has 1 aliphatic heterocycles. The second kappa shape index (κ2) is 7.08. The summed E-state index contributed by atoms with van der Waals surface area (Å²) in [5, 5.41) is 4.80. The zero-order chi connectivity index (χ0) is 19.0. The smallest absolute Gasteiger partial charge is 0.165 e. The number of rotatable bonds is 4. The molecular formula is C20H24N4O3. The Bertz CT molecular complexity index is 977. The molecule has 7 nitrogen and oxygen atoms in total. The molecule has 3 aromatic rings. The van der Waals surface area contributed by atoms with Crippen LogP contribution in [0.3, 0.4) is 0 Å². The van der Waals surface area contributed by atoms with E-state index in [4.69, 9.17) is 24.3 Å². The van der Waals surface area contributed by atoms with Crippen LogP contribution in [-0.2, 0) is 4.74 Å². The summed E-state index contributed by atoms with van der Waals surface area (Å²) in [7, 11) is 3.28. The number of anilines is 1. The van der Waals surface area contributed by atoms with Gasteiger partial charge in [0, 0.05) is 30.4 Å². The van der Waals surface area contributed by atoms with Gasteiger partial charge in [0.05, 0.1) is 33.1 Å². The van der Waals surface area contributed by atoms with Crippen LogP contribution in [0.25, 0.3) is 16.8 Å². The van der Waals surface area contributed by atoms with E-state index in [-0.39, 0.29) is 0 Å². The van der Waals surface area contributed by atoms with Gasteiger partial charge in [-0.3, -0.25) is 0 Å². The summed E-state index contributed by atoms with van der Waals surface area (Å²) in [5.41, 5.74) is 4.75. The monoisotopic (exact) mass is 368 g/mol. The second-order valence-corrected chi connectivity index (χ2v) is 6.62. The predicted molar refractivity (Wildman–Crippen MR) is 104 cm³/mol. The third-order valence-corrected chi connectivity index (χ3v) is 4.88. The number of aromatic nitrogens is 3. The van der Waals surface area contributed by atoms with Crippen LogP contribution in [-0.4, -0.2) is 55.1 Å². The van der Waals surface area contributed by atoms with Gasteiger partial charge in [-0.1, -0.05) is 6.07 Å². The minimum atomic E-state index is 0.690. The van der Waals surface area contributed by atoms with Gasteiger partial charge in [-0.15, -0.1) is 0 Å². The van der Waals surface area contributed by atoms with Crippen molar-refractivity contribution in [2.75, 3.05) is 45.4 Å². The van der Waals surface area contributed by atoms with Crippen LogP contribution in [0, 0.1) is 13.8 Å². The second-order valence-electron chi connectivity index (χ2n) is 6.62. The average Bonchev–Trinajstić information content (AvgIpc) is 3.03. The van der Waals surface area contributed by atoms with Crippen molar-refractivity contribution in [1.29, 1.82) is 0 Å². The lowest BCUT2D eigenvalue weighted by Gasteiger charge is -2.29. The first-order chi connectivity index (χ1) is 13.1. The first-order valence-electron chi connectivity index (χ1n) is 9.04. The molecule has 0 bridgehead atoms. The molecule has 7 heteroatoms. The van der Waals surface area contributed by atoms with E-state index < -0.39 is 0 Å². The van der Waals surface area contributed by atoms with Crippen molar-refractivity contribution < 1.29 is 14.2 Å². The number of methoxy groups -OCH3 is 2. The van der Waals surface area contributed by atoms with Crippen molar-refractivity contribution in [3.63, 3.8) is 0 Å². The molecule has 0 amide bonds. The molecule has 1 fully saturated rings. The Morgan fingerprint density at radius 3 is 2.44 bits per heavy atom. The summed E-state index contributed by atoms with van der Waals surface area (Å²) in [6.07, 6.45) is 0. The number of hydrogen-bond donors (Lipinski definition) is 0. The third kappa shape index (κ3) is 3.08. The molecule has 0 aliphatic carbocycles. The van der Waals surface area contributed by atoms with Gasteiger partial charge in [-0.25, -0.2) is 4.98 Å². The summed E-state index contributed by atoms with van der Waals surface area (Å²) < 4.78 is 18.3. The average molecular weight is 368 g/mol. The number of morpholine rings is 1. The summed E-state index contributed by atoms with van der Waals surface area (Å²) in [6, 6.07) is 7.99. The highest BCUT2D eigenvalue weighted by molar-refractivity contribution is 5.82. The Balaban J connectivity index is 1.89. The van der Waals surface area contributed by atoms with Crippen molar-refractivity contribution >= 4 is 11.5 Å². The maximum absolute atomic E-state index is 5.50. The summed E-state index contributed by atoms with van der Waals surface area (Å²) in [6.45, 7) is 7.19. The molecule has 3 heterocycles. The quantitative estimate of drug-likeness (QED) is 0.706. The molecular weight excluding hydrogens is 344 g/mol. The van der Waals surface area contributed by atoms with Gasteiger partial charge in [-0.05, 0) is 31.5 Å². The molecule has 1 aromatic carbocycles. The van der Waals surface area contributed by atoms with Gasteiger partial charge in [0.15, 0.2) is 17.1 Å². The van der Waals surface area contributed by atoms with Crippen LogP contribution in [0.4, 0.5) is 5.82 Å². The van der Waals surface area contributed by atoms with Crippen LogP contribution in [0.15, 0.2) is 24.3 Å². The lowest BCUT2D eigenvalue weighted by atomic mass is 10.1. The minimum Gasteiger partial charge on any atom is -0.493 e. The largest absolute Gasteiger partial charge is 0.493 e. The van der Waals surface area contributed by atoms with Crippen molar-refractivity contribution in [2.45, 2.75) is 13.8 Å². The molecule has 2 aromatic heterocycles. The minimum absolute atomic E-state index is 0.690. The molecule has 1 aliphatic rings. The Morgan fingerprint density at radius 1 is 1.00 bits per heavy atom. The van der Waals surface area contributed by atoms with Gasteiger partial charge in [0.2, 0.25) is 0 Å². The molecule has 0 N–H and O–H groups in total. The maximum Gasteiger partial charge on any atom is 0.165 e. The Kier molecular flexibility index (Phi) is 4.61. The van der Waals surface area contributed by atoms with Crippen molar-refractivity contribution in [3.05, 3.63) is 35.7 Å². The van der Waals surface area contributed by atoms with Gasteiger partial charge in [0.1, 0.15) is 5.82 Å². The highest BCUT2D eigenvalue weighted by atomic mass is 16.5. The number of nitrogens with zero attached hydrogens (tertiary/aromatic N) is 4. The lowest BCUT2D eigenvalue weighted by molar-refractivity contribution is 0.122. The lowest BCUT2D eigenvalue weighted by Crippen LogP contribution is -2.37. The van der Waals surface area contributed by atoms with Crippen molar-refractivity contribution in [2.24, 2.45) is 0 Å². The third-order valence-electron chi connectivity index (χ3n) is 4.88. The zero-order valence-electron chi connectivity index (χ0n) is 16.2. The van der Waals surface area contributed by atoms with Gasteiger partial charge >= 0.3 is 0 Å². The first kappa shape index (κ1) is 17.6. The van der Waals surface area contributed by atoms with Gasteiger partial charge < -0.3 is 19.1 Å². The van der Waals surface area contributed by atoms with Crippen LogP contribution in [0.2, 0.25) is 0 Å². The standard InChI is InChI=1S/C20H24N4O3/c1-13-11-18(23-7-9-27-10-8-23)24-20(21-13)19(14(2)22-24)15-5-6-16(25-3)17(12-15)26-4/h5-6,11-12H,7-10H2,1-4H3. The van der Waals surface area contributed by atoms with E-state index in [9.17, 15) is 0 Å². The zero-order valence-corrected chi connectivity index (χ0v) is 16.2. The number of fused-ring (bicyclic) bond motifs is 1. The number of hydrogen-bond acceptors (Lipinski definition) is 6. The highest BCUT2D eigenvalue weighted by Crippen LogP contribution is 2.36. The maximum atomic E-state index is 5.50. The molecule has 0 spiro atoms. The normalized spacial score (nSPS) is 14.6. The molecule has 0 saturated carbocycles. The van der Waals surface area contributed by atoms with Crippen molar-refractivity contribution in [3.8, 4) is 22.6 Å². The van der Waals surface area contributed by atoms with E-state index in [0.717, 1.165) is 60.3 Å². The van der Waals surface area contributed by atoms with E-state index in [1.54, 1.807) is 14.2 Å². The molecule has 27 heavy (non-hydrogen) atoms. The Morgan fingerprint density at radius 2 is 1.74 bits per heavy atom. The summed E-state index contributed by atoms with van der Waals surface area (Å²) in [5.74, 6) is 2.44. The molecule has 142 valence electrons. The number of benzene rings is 1. The van der Waals surface area contributed by atoms with Crippen LogP contribution < -0.4 is 14.4 Å². The predicted octanol–water partition coefficient (Wildman–Crippen LogP) is 2.87. The summed E-state index contributed by atoms with van der Waals surface area (Å²) in [4.78, 5) is 7.10. The Hall–Kier alpha value is -2.80. The van der Waals surface area contributed by atoms with Gasteiger partial charge in [0.25, 0.3) is 0 Å². The highest BCUT2D eigenvalue weighted by Gasteiger charge is 2.21. The van der Waals surface area contributed by atoms with Crippen LogP contribution in [0.5, 0.6) is 11.5 Å². The van der Waals surface area contributed by atoms with Crippen LogP contribution >= 0.6 is 0 Å². The fourth-order valence-electron chi connectivity index (χ4n) is 3.57. The van der Waals surface area contributed by atoms with E-state index >= 15 is 0 Å². The fourth-order valence-corrected chi connectivity index (χ4v) is 3.57. The van der Waals surface area contributed by atoms with E-state index in [1.165, 1.54) is 0 Å². The number of ether oxygens (including phenoxy) is 3. The van der Waals surface area contributed by atoms with E-state index in [0.29, 0.717) is 11.5 Å². The SMILES string of the molecule is COc1ccc(-c2c(C)nn3c(N4CCOCC4)cc(C)nc23)cc1OC.